The van der Waals surface area contributed by atoms with E-state index in [0.717, 1.165) is 24.8 Å². The van der Waals surface area contributed by atoms with E-state index < -0.39 is 16.0 Å². The highest BCUT2D eigenvalue weighted by molar-refractivity contribution is 7.89. The SMILES string of the molecule is COc1ccc(OC(=O)c2cc(S(=O)(=O)N3CCCCC3)ccc2C)c(C(C)(C)C)c1. The van der Waals surface area contributed by atoms with E-state index in [4.69, 9.17) is 9.47 Å². The minimum Gasteiger partial charge on any atom is -0.497 e. The summed E-state index contributed by atoms with van der Waals surface area (Å²) in [6, 6.07) is 9.95. The molecular formula is C24H31NO5S. The fourth-order valence-corrected chi connectivity index (χ4v) is 5.25. The Hall–Kier alpha value is -2.38. The van der Waals surface area contributed by atoms with Crippen molar-refractivity contribution in [2.45, 2.75) is 57.3 Å². The third-order valence-electron chi connectivity index (χ3n) is 5.58. The quantitative estimate of drug-likeness (QED) is 0.493. The van der Waals surface area contributed by atoms with Crippen LogP contribution in [0.5, 0.6) is 11.5 Å². The highest BCUT2D eigenvalue weighted by atomic mass is 32.2. The lowest BCUT2D eigenvalue weighted by Crippen LogP contribution is -2.35. The molecular weight excluding hydrogens is 414 g/mol. The Balaban J connectivity index is 1.94. The number of benzene rings is 2. The van der Waals surface area contributed by atoms with Crippen LogP contribution in [0.1, 0.15) is 61.5 Å². The summed E-state index contributed by atoms with van der Waals surface area (Å²) in [7, 11) is -2.05. The highest BCUT2D eigenvalue weighted by Gasteiger charge is 2.28. The zero-order valence-electron chi connectivity index (χ0n) is 18.9. The first-order chi connectivity index (χ1) is 14.5. The predicted octanol–water partition coefficient (Wildman–Crippen LogP) is 4.69. The van der Waals surface area contributed by atoms with Gasteiger partial charge in [-0.3, -0.25) is 0 Å². The second kappa shape index (κ2) is 9.01. The lowest BCUT2D eigenvalue weighted by Gasteiger charge is -2.26. The van der Waals surface area contributed by atoms with Gasteiger partial charge in [0.2, 0.25) is 10.0 Å². The van der Waals surface area contributed by atoms with E-state index in [0.29, 0.717) is 30.2 Å². The number of carbonyl (C=O) groups is 1. The number of esters is 1. The van der Waals surface area contributed by atoms with Crippen LogP contribution >= 0.6 is 0 Å². The van der Waals surface area contributed by atoms with Crippen LogP contribution in [0.2, 0.25) is 0 Å². The van der Waals surface area contributed by atoms with Crippen molar-refractivity contribution in [1.29, 1.82) is 0 Å². The van der Waals surface area contributed by atoms with Crippen molar-refractivity contribution in [3.05, 3.63) is 53.1 Å². The molecule has 31 heavy (non-hydrogen) atoms. The number of hydrogen-bond donors (Lipinski definition) is 0. The van der Waals surface area contributed by atoms with Crippen molar-refractivity contribution >= 4 is 16.0 Å². The Morgan fingerprint density at radius 2 is 1.68 bits per heavy atom. The molecule has 0 bridgehead atoms. The van der Waals surface area contributed by atoms with Gasteiger partial charge in [0.15, 0.2) is 0 Å². The van der Waals surface area contributed by atoms with E-state index in [1.54, 1.807) is 38.3 Å². The van der Waals surface area contributed by atoms with Gasteiger partial charge < -0.3 is 9.47 Å². The average Bonchev–Trinajstić information content (AvgIpc) is 2.74. The molecule has 6 nitrogen and oxygen atoms in total. The summed E-state index contributed by atoms with van der Waals surface area (Å²) in [6.45, 7) is 8.86. The molecule has 2 aromatic rings. The van der Waals surface area contributed by atoms with Crippen molar-refractivity contribution in [3.8, 4) is 11.5 Å². The smallest absolute Gasteiger partial charge is 0.343 e. The van der Waals surface area contributed by atoms with Crippen LogP contribution in [0, 0.1) is 6.92 Å². The van der Waals surface area contributed by atoms with Gasteiger partial charge in [-0.15, -0.1) is 0 Å². The number of aryl methyl sites for hydroxylation is 1. The molecule has 0 unspecified atom stereocenters. The molecule has 1 aliphatic rings. The van der Waals surface area contributed by atoms with Gasteiger partial charge in [-0.25, -0.2) is 13.2 Å². The van der Waals surface area contributed by atoms with Gasteiger partial charge in [0.25, 0.3) is 0 Å². The van der Waals surface area contributed by atoms with E-state index >= 15 is 0 Å². The summed E-state index contributed by atoms with van der Waals surface area (Å²) in [5.41, 5.74) is 1.45. The summed E-state index contributed by atoms with van der Waals surface area (Å²) in [5.74, 6) is 0.529. The second-order valence-electron chi connectivity index (χ2n) is 8.94. The van der Waals surface area contributed by atoms with Gasteiger partial charge in [-0.05, 0) is 61.1 Å². The van der Waals surface area contributed by atoms with E-state index in [-0.39, 0.29) is 15.9 Å². The van der Waals surface area contributed by atoms with Gasteiger partial charge in [0.1, 0.15) is 11.5 Å². The number of methoxy groups -OCH3 is 1. The molecule has 3 rings (SSSR count). The molecule has 0 radical (unpaired) electrons. The number of piperidine rings is 1. The van der Waals surface area contributed by atoms with Crippen molar-refractivity contribution < 1.29 is 22.7 Å². The van der Waals surface area contributed by atoms with E-state index in [1.807, 2.05) is 26.8 Å². The molecule has 1 fully saturated rings. The molecule has 2 aromatic carbocycles. The maximum Gasteiger partial charge on any atom is 0.343 e. The normalized spacial score (nSPS) is 15.5. The van der Waals surface area contributed by atoms with Crippen LogP contribution in [-0.4, -0.2) is 38.9 Å². The van der Waals surface area contributed by atoms with Gasteiger partial charge >= 0.3 is 5.97 Å². The van der Waals surface area contributed by atoms with E-state index in [2.05, 4.69) is 0 Å². The Bertz CT molecular complexity index is 1060. The van der Waals surface area contributed by atoms with Crippen LogP contribution in [0.4, 0.5) is 0 Å². The van der Waals surface area contributed by atoms with Crippen LogP contribution in [-0.2, 0) is 15.4 Å². The van der Waals surface area contributed by atoms with Crippen LogP contribution in [0.25, 0.3) is 0 Å². The summed E-state index contributed by atoms with van der Waals surface area (Å²) in [6.07, 6.45) is 2.75. The topological polar surface area (TPSA) is 72.9 Å². The lowest BCUT2D eigenvalue weighted by molar-refractivity contribution is 0.0730. The van der Waals surface area contributed by atoms with Gasteiger partial charge in [0.05, 0.1) is 17.6 Å². The zero-order chi connectivity index (χ0) is 22.8. The Morgan fingerprint density at radius 3 is 2.29 bits per heavy atom. The Labute approximate surface area is 185 Å². The average molecular weight is 446 g/mol. The molecule has 168 valence electrons. The minimum absolute atomic E-state index is 0.123. The van der Waals surface area contributed by atoms with Crippen LogP contribution in [0.3, 0.4) is 0 Å². The standard InChI is InChI=1S/C24H31NO5S/c1-17-9-11-19(31(27,28)25-13-7-6-8-14-25)16-20(17)23(26)30-22-12-10-18(29-5)15-21(22)24(2,3)4/h9-12,15-16H,6-8,13-14H2,1-5H3. The zero-order valence-corrected chi connectivity index (χ0v) is 19.7. The molecule has 1 saturated heterocycles. The van der Waals surface area contributed by atoms with E-state index in [9.17, 15) is 13.2 Å². The fourth-order valence-electron chi connectivity index (χ4n) is 3.70. The molecule has 0 spiro atoms. The number of sulfonamides is 1. The maximum atomic E-state index is 13.1. The maximum absolute atomic E-state index is 13.1. The molecule has 0 saturated carbocycles. The monoisotopic (exact) mass is 445 g/mol. The van der Waals surface area contributed by atoms with Gasteiger partial charge in [-0.2, -0.15) is 4.31 Å². The Kier molecular flexibility index (Phi) is 6.76. The largest absolute Gasteiger partial charge is 0.497 e. The first kappa shape index (κ1) is 23.3. The molecule has 0 atom stereocenters. The molecule has 0 aliphatic carbocycles. The van der Waals surface area contributed by atoms with Gasteiger partial charge in [0, 0.05) is 18.7 Å². The Morgan fingerprint density at radius 1 is 1.00 bits per heavy atom. The van der Waals surface area contributed by atoms with Crippen LogP contribution < -0.4 is 9.47 Å². The highest BCUT2D eigenvalue weighted by Crippen LogP contribution is 2.35. The number of ether oxygens (including phenoxy) is 2. The second-order valence-corrected chi connectivity index (χ2v) is 10.9. The molecule has 0 N–H and O–H groups in total. The van der Waals surface area contributed by atoms with Crippen LogP contribution in [0.15, 0.2) is 41.3 Å². The summed E-state index contributed by atoms with van der Waals surface area (Å²) in [4.78, 5) is 13.2. The minimum atomic E-state index is -3.64. The summed E-state index contributed by atoms with van der Waals surface area (Å²) in [5, 5.41) is 0. The van der Waals surface area contributed by atoms with Crippen molar-refractivity contribution in [2.75, 3.05) is 20.2 Å². The van der Waals surface area contributed by atoms with Crippen molar-refractivity contribution in [3.63, 3.8) is 0 Å². The van der Waals surface area contributed by atoms with E-state index in [1.165, 1.54) is 10.4 Å². The van der Waals surface area contributed by atoms with Crippen molar-refractivity contribution in [2.24, 2.45) is 0 Å². The predicted molar refractivity (Wildman–Crippen MR) is 120 cm³/mol. The molecule has 1 aliphatic heterocycles. The molecule has 0 aromatic heterocycles. The number of rotatable bonds is 5. The first-order valence-electron chi connectivity index (χ1n) is 10.6. The molecule has 7 heteroatoms. The number of carbonyl (C=O) groups excluding carboxylic acids is 1. The molecule has 1 heterocycles. The molecule has 0 amide bonds. The summed E-state index contributed by atoms with van der Waals surface area (Å²) >= 11 is 0. The van der Waals surface area contributed by atoms with Gasteiger partial charge in [-0.1, -0.05) is 33.3 Å². The first-order valence-corrected chi connectivity index (χ1v) is 12.0. The van der Waals surface area contributed by atoms with Crippen molar-refractivity contribution in [1.82, 2.24) is 4.31 Å². The number of nitrogens with zero attached hydrogens (tertiary/aromatic N) is 1. The fraction of sp³-hybridized carbons (Fsp3) is 0.458. The third kappa shape index (κ3) is 5.10. The lowest BCUT2D eigenvalue weighted by atomic mass is 9.86. The summed E-state index contributed by atoms with van der Waals surface area (Å²) < 4.78 is 38.7. The third-order valence-corrected chi connectivity index (χ3v) is 7.47. The number of hydrogen-bond acceptors (Lipinski definition) is 5.